The van der Waals surface area contributed by atoms with Crippen LogP contribution >= 0.6 is 0 Å². The van der Waals surface area contributed by atoms with Crippen molar-refractivity contribution in [3.63, 3.8) is 0 Å². The Morgan fingerprint density at radius 2 is 2.24 bits per heavy atom. The van der Waals surface area contributed by atoms with E-state index in [0.29, 0.717) is 12.6 Å². The van der Waals surface area contributed by atoms with Gasteiger partial charge in [0.2, 0.25) is 0 Å². The predicted octanol–water partition coefficient (Wildman–Crippen LogP) is 2.60. The molecule has 1 aromatic heterocycles. The fourth-order valence-electron chi connectivity index (χ4n) is 1.84. The molecule has 17 heavy (non-hydrogen) atoms. The van der Waals surface area contributed by atoms with Gasteiger partial charge in [-0.15, -0.1) is 0 Å². The summed E-state index contributed by atoms with van der Waals surface area (Å²) in [7, 11) is 0. The minimum atomic E-state index is 0.514. The van der Waals surface area contributed by atoms with Crippen molar-refractivity contribution in [1.82, 2.24) is 10.3 Å². The Morgan fingerprint density at radius 1 is 1.41 bits per heavy atom. The maximum absolute atomic E-state index is 5.57. The van der Waals surface area contributed by atoms with Gasteiger partial charge in [0.25, 0.3) is 0 Å². The van der Waals surface area contributed by atoms with Crippen molar-refractivity contribution >= 4 is 0 Å². The second-order valence-electron chi connectivity index (χ2n) is 4.64. The van der Waals surface area contributed by atoms with Crippen LogP contribution in [0.5, 0.6) is 0 Å². The van der Waals surface area contributed by atoms with Gasteiger partial charge in [0, 0.05) is 25.3 Å². The molecule has 0 saturated carbocycles. The van der Waals surface area contributed by atoms with E-state index in [0.717, 1.165) is 12.2 Å². The van der Waals surface area contributed by atoms with Crippen molar-refractivity contribution in [2.24, 2.45) is 5.73 Å². The summed E-state index contributed by atoms with van der Waals surface area (Å²) in [4.78, 5) is 4.19. The first kappa shape index (κ1) is 14.1. The summed E-state index contributed by atoms with van der Waals surface area (Å²) in [6.07, 6.45) is 7.02. The Balaban J connectivity index is 2.28. The number of nitrogens with two attached hydrogens (primary N) is 1. The average molecular weight is 235 g/mol. The molecule has 0 bridgehead atoms. The Bertz CT molecular complexity index is 312. The molecular formula is C14H25N3. The van der Waals surface area contributed by atoms with Crippen molar-refractivity contribution in [2.75, 3.05) is 0 Å². The first-order valence-electron chi connectivity index (χ1n) is 6.63. The van der Waals surface area contributed by atoms with Crippen LogP contribution < -0.4 is 11.1 Å². The number of rotatable bonds is 8. The van der Waals surface area contributed by atoms with Crippen molar-refractivity contribution in [1.29, 1.82) is 0 Å². The monoisotopic (exact) mass is 235 g/mol. The lowest BCUT2D eigenvalue weighted by atomic mass is 10.1. The zero-order valence-electron chi connectivity index (χ0n) is 11.1. The molecular weight excluding hydrogens is 210 g/mol. The van der Waals surface area contributed by atoms with Crippen LogP contribution in [0, 0.1) is 0 Å². The molecule has 3 N–H and O–H groups in total. The van der Waals surface area contributed by atoms with Crippen molar-refractivity contribution < 1.29 is 0 Å². The third-order valence-corrected chi connectivity index (χ3v) is 2.99. The van der Waals surface area contributed by atoms with Gasteiger partial charge in [0.1, 0.15) is 0 Å². The summed E-state index contributed by atoms with van der Waals surface area (Å²) in [5.41, 5.74) is 7.80. The van der Waals surface area contributed by atoms with Crippen molar-refractivity contribution in [2.45, 2.75) is 58.7 Å². The number of nitrogens with one attached hydrogen (secondary N) is 1. The van der Waals surface area contributed by atoms with Gasteiger partial charge in [0.15, 0.2) is 0 Å². The third kappa shape index (κ3) is 5.80. The summed E-state index contributed by atoms with van der Waals surface area (Å²) in [6.45, 7) is 5.91. The second kappa shape index (κ2) is 8.20. The van der Waals surface area contributed by atoms with Gasteiger partial charge in [-0.25, -0.2) is 0 Å². The highest BCUT2D eigenvalue weighted by atomic mass is 14.9. The first-order valence-corrected chi connectivity index (χ1v) is 6.63. The lowest BCUT2D eigenvalue weighted by molar-refractivity contribution is 0.487. The third-order valence-electron chi connectivity index (χ3n) is 2.99. The SMILES string of the molecule is CCCCCC(C)NCc1ccnc(CN)c1. The maximum atomic E-state index is 5.57. The zero-order chi connectivity index (χ0) is 12.5. The molecule has 0 spiro atoms. The van der Waals surface area contributed by atoms with Crippen LogP contribution in [-0.2, 0) is 13.1 Å². The molecule has 0 aliphatic rings. The average Bonchev–Trinajstić information content (AvgIpc) is 2.37. The quantitative estimate of drug-likeness (QED) is 0.681. The number of nitrogens with zero attached hydrogens (tertiary/aromatic N) is 1. The van der Waals surface area contributed by atoms with Crippen LogP contribution in [0.2, 0.25) is 0 Å². The molecule has 0 amide bonds. The lowest BCUT2D eigenvalue weighted by Crippen LogP contribution is -2.25. The van der Waals surface area contributed by atoms with Crippen LogP contribution in [-0.4, -0.2) is 11.0 Å². The van der Waals surface area contributed by atoms with Crippen molar-refractivity contribution in [3.05, 3.63) is 29.6 Å². The van der Waals surface area contributed by atoms with Crippen LogP contribution in [0.1, 0.15) is 50.8 Å². The van der Waals surface area contributed by atoms with E-state index in [-0.39, 0.29) is 0 Å². The standard InChI is InChI=1S/C14H25N3/c1-3-4-5-6-12(2)17-11-13-7-8-16-14(9-13)10-15/h7-9,12,17H,3-6,10-11,15H2,1-2H3. The van der Waals surface area contributed by atoms with Crippen molar-refractivity contribution in [3.8, 4) is 0 Å². The zero-order valence-corrected chi connectivity index (χ0v) is 11.1. The Labute approximate surface area is 105 Å². The fraction of sp³-hybridized carbons (Fsp3) is 0.643. The Morgan fingerprint density at radius 3 is 2.94 bits per heavy atom. The molecule has 0 saturated heterocycles. The predicted molar refractivity (Wildman–Crippen MR) is 72.6 cm³/mol. The summed E-state index contributed by atoms with van der Waals surface area (Å²) in [6, 6.07) is 4.70. The maximum Gasteiger partial charge on any atom is 0.0542 e. The summed E-state index contributed by atoms with van der Waals surface area (Å²) in [5.74, 6) is 0. The number of aromatic nitrogens is 1. The molecule has 0 aromatic carbocycles. The lowest BCUT2D eigenvalue weighted by Gasteiger charge is -2.13. The minimum Gasteiger partial charge on any atom is -0.325 e. The molecule has 3 nitrogen and oxygen atoms in total. The van der Waals surface area contributed by atoms with E-state index >= 15 is 0 Å². The molecule has 1 heterocycles. The highest BCUT2D eigenvalue weighted by Crippen LogP contribution is 2.05. The second-order valence-corrected chi connectivity index (χ2v) is 4.64. The summed E-state index contributed by atoms with van der Waals surface area (Å²) < 4.78 is 0. The highest BCUT2D eigenvalue weighted by molar-refractivity contribution is 5.16. The van der Waals surface area contributed by atoms with Gasteiger partial charge in [-0.1, -0.05) is 26.2 Å². The molecule has 0 aliphatic carbocycles. The van der Waals surface area contributed by atoms with Crippen LogP contribution in [0.3, 0.4) is 0 Å². The molecule has 1 aromatic rings. The summed E-state index contributed by atoms with van der Waals surface area (Å²) in [5, 5.41) is 3.54. The number of pyridine rings is 1. The molecule has 96 valence electrons. The van der Waals surface area contributed by atoms with Gasteiger partial charge in [-0.2, -0.15) is 0 Å². The summed E-state index contributed by atoms with van der Waals surface area (Å²) >= 11 is 0. The number of hydrogen-bond donors (Lipinski definition) is 2. The largest absolute Gasteiger partial charge is 0.325 e. The van der Waals surface area contributed by atoms with E-state index in [1.54, 1.807) is 0 Å². The number of hydrogen-bond acceptors (Lipinski definition) is 3. The van der Waals surface area contributed by atoms with Crippen LogP contribution in [0.4, 0.5) is 0 Å². The molecule has 0 aliphatic heterocycles. The van der Waals surface area contributed by atoms with E-state index in [9.17, 15) is 0 Å². The Kier molecular flexibility index (Phi) is 6.82. The first-order chi connectivity index (χ1) is 8.26. The highest BCUT2D eigenvalue weighted by Gasteiger charge is 2.01. The van der Waals surface area contributed by atoms with Gasteiger partial charge < -0.3 is 11.1 Å². The molecule has 1 unspecified atom stereocenters. The molecule has 3 heteroatoms. The Hall–Kier alpha value is -0.930. The smallest absolute Gasteiger partial charge is 0.0542 e. The van der Waals surface area contributed by atoms with E-state index in [1.165, 1.54) is 31.2 Å². The molecule has 1 rings (SSSR count). The van der Waals surface area contributed by atoms with Gasteiger partial charge >= 0.3 is 0 Å². The van der Waals surface area contributed by atoms with E-state index in [4.69, 9.17) is 5.73 Å². The van der Waals surface area contributed by atoms with E-state index < -0.39 is 0 Å². The molecule has 0 radical (unpaired) electrons. The molecule has 0 fully saturated rings. The van der Waals surface area contributed by atoms with Gasteiger partial charge in [-0.3, -0.25) is 4.98 Å². The van der Waals surface area contributed by atoms with Crippen LogP contribution in [0.25, 0.3) is 0 Å². The van der Waals surface area contributed by atoms with E-state index in [1.807, 2.05) is 12.3 Å². The molecule has 1 atom stereocenters. The normalized spacial score (nSPS) is 12.6. The van der Waals surface area contributed by atoms with Gasteiger partial charge in [-0.05, 0) is 31.0 Å². The fourth-order valence-corrected chi connectivity index (χ4v) is 1.84. The van der Waals surface area contributed by atoms with Gasteiger partial charge in [0.05, 0.1) is 5.69 Å². The van der Waals surface area contributed by atoms with Crippen LogP contribution in [0.15, 0.2) is 18.3 Å². The number of unbranched alkanes of at least 4 members (excludes halogenated alkanes) is 2. The topological polar surface area (TPSA) is 50.9 Å². The minimum absolute atomic E-state index is 0.514. The van der Waals surface area contributed by atoms with E-state index in [2.05, 4.69) is 30.2 Å².